The second-order valence-corrected chi connectivity index (χ2v) is 5.18. The number of thioether (sulfide) groups is 1. The van der Waals surface area contributed by atoms with Gasteiger partial charge in [-0.2, -0.15) is 0 Å². The highest BCUT2D eigenvalue weighted by Gasteiger charge is 2.50. The number of amides is 1. The van der Waals surface area contributed by atoms with Gasteiger partial charge in [-0.05, 0) is 31.0 Å². The molecule has 1 N–H and O–H groups in total. The minimum absolute atomic E-state index is 0.0976. The lowest BCUT2D eigenvalue weighted by molar-refractivity contribution is -0.120. The molecule has 0 bridgehead atoms. The lowest BCUT2D eigenvalue weighted by atomic mass is 10.1. The molecule has 0 saturated heterocycles. The maximum atomic E-state index is 13.0. The first-order chi connectivity index (χ1) is 7.20. The van der Waals surface area contributed by atoms with Gasteiger partial charge in [0, 0.05) is 10.6 Å². The number of hydrogen-bond donors (Lipinski definition) is 1. The molecule has 1 heterocycles. The van der Waals surface area contributed by atoms with Crippen LogP contribution in [0.25, 0.3) is 0 Å². The van der Waals surface area contributed by atoms with Crippen molar-refractivity contribution < 1.29 is 9.18 Å². The van der Waals surface area contributed by atoms with Gasteiger partial charge in [0.25, 0.3) is 0 Å². The van der Waals surface area contributed by atoms with Crippen LogP contribution in [-0.4, -0.2) is 11.7 Å². The number of fused-ring (bicyclic) bond motifs is 1. The van der Waals surface area contributed by atoms with Crippen LogP contribution in [0, 0.1) is 11.2 Å². The summed E-state index contributed by atoms with van der Waals surface area (Å²) in [4.78, 5) is 12.7. The van der Waals surface area contributed by atoms with Gasteiger partial charge in [0.15, 0.2) is 0 Å². The van der Waals surface area contributed by atoms with Gasteiger partial charge in [-0.15, -0.1) is 11.8 Å². The third-order valence-corrected chi connectivity index (χ3v) is 4.38. The first kappa shape index (κ1) is 9.21. The summed E-state index contributed by atoms with van der Waals surface area (Å²) in [6, 6.07) is 4.50. The molecule has 2 aliphatic rings. The molecule has 1 spiro atoms. The Kier molecular flexibility index (Phi) is 1.83. The molecule has 0 aromatic heterocycles. The molecule has 1 fully saturated rings. The fourth-order valence-corrected chi connectivity index (χ4v) is 3.10. The summed E-state index contributed by atoms with van der Waals surface area (Å²) in [5.74, 6) is 0.623. The molecule has 1 amide bonds. The maximum absolute atomic E-state index is 13.0. The zero-order chi connectivity index (χ0) is 10.5. The Hall–Kier alpha value is -1.03. The smallest absolute Gasteiger partial charge is 0.231 e. The topological polar surface area (TPSA) is 29.1 Å². The van der Waals surface area contributed by atoms with E-state index < -0.39 is 0 Å². The molecule has 3 rings (SSSR count). The van der Waals surface area contributed by atoms with E-state index in [-0.39, 0.29) is 17.1 Å². The molecule has 15 heavy (non-hydrogen) atoms. The van der Waals surface area contributed by atoms with Crippen LogP contribution in [0.1, 0.15) is 12.8 Å². The maximum Gasteiger partial charge on any atom is 0.231 e. The lowest BCUT2D eigenvalue weighted by Gasteiger charge is -2.08. The number of rotatable bonds is 0. The van der Waals surface area contributed by atoms with Gasteiger partial charge in [0.05, 0.1) is 11.1 Å². The van der Waals surface area contributed by atoms with E-state index in [4.69, 9.17) is 0 Å². The van der Waals surface area contributed by atoms with Crippen molar-refractivity contribution >= 4 is 23.4 Å². The second-order valence-electron chi connectivity index (χ2n) is 4.16. The van der Waals surface area contributed by atoms with Gasteiger partial charge in [-0.25, -0.2) is 4.39 Å². The highest BCUT2D eigenvalue weighted by molar-refractivity contribution is 7.99. The van der Waals surface area contributed by atoms with Crippen molar-refractivity contribution in [3.8, 4) is 0 Å². The Labute approximate surface area is 91.2 Å². The highest BCUT2D eigenvalue weighted by atomic mass is 32.2. The number of halogens is 1. The van der Waals surface area contributed by atoms with Gasteiger partial charge in [-0.1, -0.05) is 0 Å². The molecule has 4 heteroatoms. The predicted octanol–water partition coefficient (Wildman–Crippen LogP) is 2.65. The fourth-order valence-electron chi connectivity index (χ4n) is 1.78. The summed E-state index contributed by atoms with van der Waals surface area (Å²) in [6.07, 6.45) is 1.92. The molecule has 2 nitrogen and oxygen atoms in total. The van der Waals surface area contributed by atoms with Crippen molar-refractivity contribution in [3.63, 3.8) is 0 Å². The van der Waals surface area contributed by atoms with Crippen LogP contribution in [0.4, 0.5) is 10.1 Å². The number of benzene rings is 1. The Balaban J connectivity index is 2.00. The average Bonchev–Trinajstić information content (AvgIpc) is 3.00. The summed E-state index contributed by atoms with van der Waals surface area (Å²) < 4.78 is 13.0. The standard InChI is InChI=1S/C11H10FNOS/c12-7-1-2-8-9(5-7)15-6-11(3-4-11)10(14)13-8/h1-2,5H,3-4,6H2,(H,13,14). The number of nitrogens with one attached hydrogen (secondary N) is 1. The van der Waals surface area contributed by atoms with E-state index in [1.807, 2.05) is 0 Å². The van der Waals surface area contributed by atoms with Crippen LogP contribution < -0.4 is 5.32 Å². The van der Waals surface area contributed by atoms with Gasteiger partial charge in [0.1, 0.15) is 5.82 Å². The van der Waals surface area contributed by atoms with E-state index in [2.05, 4.69) is 5.32 Å². The van der Waals surface area contributed by atoms with Crippen LogP contribution in [-0.2, 0) is 4.79 Å². The van der Waals surface area contributed by atoms with Crippen molar-refractivity contribution in [3.05, 3.63) is 24.0 Å². The molecule has 1 aromatic carbocycles. The Morgan fingerprint density at radius 3 is 2.93 bits per heavy atom. The average molecular weight is 223 g/mol. The molecule has 0 atom stereocenters. The molecular weight excluding hydrogens is 213 g/mol. The van der Waals surface area contributed by atoms with Crippen LogP contribution in [0.2, 0.25) is 0 Å². The zero-order valence-corrected chi connectivity index (χ0v) is 8.86. The van der Waals surface area contributed by atoms with Crippen molar-refractivity contribution in [2.45, 2.75) is 17.7 Å². The predicted molar refractivity (Wildman–Crippen MR) is 57.4 cm³/mol. The van der Waals surface area contributed by atoms with Gasteiger partial charge in [-0.3, -0.25) is 4.79 Å². The highest BCUT2D eigenvalue weighted by Crippen LogP contribution is 2.52. The van der Waals surface area contributed by atoms with Gasteiger partial charge < -0.3 is 5.32 Å². The van der Waals surface area contributed by atoms with Crippen molar-refractivity contribution in [1.82, 2.24) is 0 Å². The third kappa shape index (κ3) is 1.44. The number of hydrogen-bond acceptors (Lipinski definition) is 2. The Bertz CT molecular complexity index is 442. The second kappa shape index (κ2) is 2.98. The largest absolute Gasteiger partial charge is 0.325 e. The van der Waals surface area contributed by atoms with Crippen LogP contribution >= 0.6 is 11.8 Å². The van der Waals surface area contributed by atoms with E-state index in [1.165, 1.54) is 12.1 Å². The number of anilines is 1. The van der Waals surface area contributed by atoms with E-state index in [9.17, 15) is 9.18 Å². The SMILES string of the molecule is O=C1Nc2ccc(F)cc2SCC12CC2. The minimum Gasteiger partial charge on any atom is -0.325 e. The van der Waals surface area contributed by atoms with E-state index in [0.717, 1.165) is 29.2 Å². The Morgan fingerprint density at radius 2 is 2.20 bits per heavy atom. The molecule has 78 valence electrons. The molecule has 1 saturated carbocycles. The summed E-state index contributed by atoms with van der Waals surface area (Å²) in [5, 5.41) is 2.88. The summed E-state index contributed by atoms with van der Waals surface area (Å²) in [6.45, 7) is 0. The summed E-state index contributed by atoms with van der Waals surface area (Å²) in [5.41, 5.74) is 0.579. The van der Waals surface area contributed by atoms with E-state index >= 15 is 0 Å². The third-order valence-electron chi connectivity index (χ3n) is 3.03. The number of carbonyl (C=O) groups excluding carboxylic acids is 1. The molecule has 1 aromatic rings. The van der Waals surface area contributed by atoms with E-state index in [1.54, 1.807) is 17.8 Å². The number of carbonyl (C=O) groups is 1. The lowest BCUT2D eigenvalue weighted by Crippen LogP contribution is -2.24. The van der Waals surface area contributed by atoms with Crippen LogP contribution in [0.15, 0.2) is 23.1 Å². The first-order valence-electron chi connectivity index (χ1n) is 4.93. The molecule has 0 unspecified atom stereocenters. The Morgan fingerprint density at radius 1 is 1.40 bits per heavy atom. The summed E-state index contributed by atoms with van der Waals surface area (Å²) >= 11 is 1.57. The zero-order valence-electron chi connectivity index (χ0n) is 8.05. The van der Waals surface area contributed by atoms with Crippen LogP contribution in [0.5, 0.6) is 0 Å². The van der Waals surface area contributed by atoms with E-state index in [0.29, 0.717) is 0 Å². The van der Waals surface area contributed by atoms with Gasteiger partial charge in [0.2, 0.25) is 5.91 Å². The minimum atomic E-state index is -0.248. The van der Waals surface area contributed by atoms with Gasteiger partial charge >= 0.3 is 0 Å². The normalized spacial score (nSPS) is 21.8. The van der Waals surface area contributed by atoms with Crippen molar-refractivity contribution in [2.24, 2.45) is 5.41 Å². The van der Waals surface area contributed by atoms with Crippen molar-refractivity contribution in [2.75, 3.05) is 11.1 Å². The van der Waals surface area contributed by atoms with Crippen molar-refractivity contribution in [1.29, 1.82) is 0 Å². The molecule has 1 aliphatic carbocycles. The molecule has 1 aliphatic heterocycles. The quantitative estimate of drug-likeness (QED) is 0.732. The monoisotopic (exact) mass is 223 g/mol. The molecular formula is C11H10FNOS. The first-order valence-corrected chi connectivity index (χ1v) is 5.92. The molecule has 0 radical (unpaired) electrons. The summed E-state index contributed by atoms with van der Waals surface area (Å²) in [7, 11) is 0. The fraction of sp³-hybridized carbons (Fsp3) is 0.364. The van der Waals surface area contributed by atoms with Crippen LogP contribution in [0.3, 0.4) is 0 Å².